The number of fused-ring (bicyclic) bond motifs is 1. The van der Waals surface area contributed by atoms with Gasteiger partial charge in [-0.2, -0.15) is 0 Å². The molecule has 98 valence electrons. The van der Waals surface area contributed by atoms with Gasteiger partial charge in [0.25, 0.3) is 0 Å². The summed E-state index contributed by atoms with van der Waals surface area (Å²) in [6, 6.07) is 15.3. The second-order valence-electron chi connectivity index (χ2n) is 5.16. The SMILES string of the molecule is COc1ccc2c(c1)CNCC2c1ccc(C)cc1. The van der Waals surface area contributed by atoms with Crippen molar-refractivity contribution in [2.45, 2.75) is 19.4 Å². The first-order chi connectivity index (χ1) is 9.28. The van der Waals surface area contributed by atoms with Crippen LogP contribution in [0.2, 0.25) is 0 Å². The highest BCUT2D eigenvalue weighted by Gasteiger charge is 2.21. The van der Waals surface area contributed by atoms with Crippen molar-refractivity contribution < 1.29 is 4.74 Å². The van der Waals surface area contributed by atoms with E-state index in [-0.39, 0.29) is 0 Å². The zero-order valence-electron chi connectivity index (χ0n) is 11.4. The van der Waals surface area contributed by atoms with Crippen molar-refractivity contribution in [1.82, 2.24) is 5.32 Å². The van der Waals surface area contributed by atoms with Gasteiger partial charge in [0.05, 0.1) is 7.11 Å². The molecule has 0 radical (unpaired) electrons. The van der Waals surface area contributed by atoms with Gasteiger partial charge in [0, 0.05) is 19.0 Å². The van der Waals surface area contributed by atoms with E-state index in [9.17, 15) is 0 Å². The molecule has 19 heavy (non-hydrogen) atoms. The van der Waals surface area contributed by atoms with E-state index in [1.54, 1.807) is 7.11 Å². The van der Waals surface area contributed by atoms with E-state index >= 15 is 0 Å². The van der Waals surface area contributed by atoms with Gasteiger partial charge in [-0.25, -0.2) is 0 Å². The first-order valence-corrected chi connectivity index (χ1v) is 6.72. The second-order valence-corrected chi connectivity index (χ2v) is 5.16. The Balaban J connectivity index is 2.00. The number of benzene rings is 2. The van der Waals surface area contributed by atoms with Crippen LogP contribution >= 0.6 is 0 Å². The van der Waals surface area contributed by atoms with Gasteiger partial charge in [-0.15, -0.1) is 0 Å². The van der Waals surface area contributed by atoms with E-state index in [1.807, 2.05) is 0 Å². The molecule has 1 heterocycles. The minimum atomic E-state index is 0.440. The topological polar surface area (TPSA) is 21.3 Å². The average molecular weight is 253 g/mol. The van der Waals surface area contributed by atoms with E-state index in [0.717, 1.165) is 18.8 Å². The van der Waals surface area contributed by atoms with Crippen LogP contribution in [0.1, 0.15) is 28.2 Å². The van der Waals surface area contributed by atoms with Gasteiger partial charge in [0.1, 0.15) is 5.75 Å². The standard InChI is InChI=1S/C17H19NO/c1-12-3-5-13(6-4-12)17-11-18-10-14-9-15(19-2)7-8-16(14)17/h3-9,17-18H,10-11H2,1-2H3. The fraction of sp³-hybridized carbons (Fsp3) is 0.294. The Morgan fingerprint density at radius 2 is 1.89 bits per heavy atom. The number of hydrogen-bond acceptors (Lipinski definition) is 2. The zero-order chi connectivity index (χ0) is 13.2. The molecule has 0 saturated carbocycles. The molecule has 1 N–H and O–H groups in total. The van der Waals surface area contributed by atoms with Gasteiger partial charge in [-0.1, -0.05) is 35.9 Å². The first-order valence-electron chi connectivity index (χ1n) is 6.72. The largest absolute Gasteiger partial charge is 0.497 e. The fourth-order valence-corrected chi connectivity index (χ4v) is 2.76. The maximum Gasteiger partial charge on any atom is 0.119 e. The van der Waals surface area contributed by atoms with E-state index in [1.165, 1.54) is 22.3 Å². The Hall–Kier alpha value is -1.80. The molecule has 0 aliphatic carbocycles. The van der Waals surface area contributed by atoms with Crippen molar-refractivity contribution in [1.29, 1.82) is 0 Å². The maximum absolute atomic E-state index is 5.31. The minimum absolute atomic E-state index is 0.440. The molecule has 1 unspecified atom stereocenters. The maximum atomic E-state index is 5.31. The third-order valence-electron chi connectivity index (χ3n) is 3.87. The Morgan fingerprint density at radius 1 is 1.11 bits per heavy atom. The summed E-state index contributed by atoms with van der Waals surface area (Å²) in [6.07, 6.45) is 0. The van der Waals surface area contributed by atoms with Crippen LogP contribution in [0.15, 0.2) is 42.5 Å². The molecule has 1 atom stereocenters. The Kier molecular flexibility index (Phi) is 3.26. The van der Waals surface area contributed by atoms with Crippen LogP contribution in [0.3, 0.4) is 0 Å². The smallest absolute Gasteiger partial charge is 0.119 e. The fourth-order valence-electron chi connectivity index (χ4n) is 2.76. The summed E-state index contributed by atoms with van der Waals surface area (Å²) >= 11 is 0. The molecule has 0 spiro atoms. The van der Waals surface area contributed by atoms with Crippen molar-refractivity contribution in [3.8, 4) is 5.75 Å². The zero-order valence-corrected chi connectivity index (χ0v) is 11.4. The van der Waals surface area contributed by atoms with Crippen LogP contribution in [0.5, 0.6) is 5.75 Å². The van der Waals surface area contributed by atoms with Crippen molar-refractivity contribution >= 4 is 0 Å². The summed E-state index contributed by atoms with van der Waals surface area (Å²) in [5, 5.41) is 3.50. The number of aryl methyl sites for hydroxylation is 1. The molecule has 2 aromatic rings. The number of hydrogen-bond donors (Lipinski definition) is 1. The minimum Gasteiger partial charge on any atom is -0.497 e. The lowest BCUT2D eigenvalue weighted by Gasteiger charge is -2.27. The highest BCUT2D eigenvalue weighted by molar-refractivity contribution is 5.44. The average Bonchev–Trinajstić information content (AvgIpc) is 2.47. The number of rotatable bonds is 2. The molecule has 0 saturated heterocycles. The molecule has 2 nitrogen and oxygen atoms in total. The summed E-state index contributed by atoms with van der Waals surface area (Å²) < 4.78 is 5.31. The van der Waals surface area contributed by atoms with Crippen LogP contribution < -0.4 is 10.1 Å². The predicted molar refractivity (Wildman–Crippen MR) is 77.7 cm³/mol. The molecule has 1 aliphatic heterocycles. The highest BCUT2D eigenvalue weighted by atomic mass is 16.5. The molecule has 1 aliphatic rings. The summed E-state index contributed by atoms with van der Waals surface area (Å²) in [6.45, 7) is 4.05. The molecule has 2 heteroatoms. The molecule has 0 aromatic heterocycles. The normalized spacial score (nSPS) is 17.9. The van der Waals surface area contributed by atoms with Crippen molar-refractivity contribution in [2.24, 2.45) is 0 Å². The summed E-state index contributed by atoms with van der Waals surface area (Å²) in [5.41, 5.74) is 5.45. The molecular weight excluding hydrogens is 234 g/mol. The van der Waals surface area contributed by atoms with Crippen LogP contribution in [0.4, 0.5) is 0 Å². The van der Waals surface area contributed by atoms with Crippen LogP contribution in [-0.2, 0) is 6.54 Å². The molecule has 3 rings (SSSR count). The lowest BCUT2D eigenvalue weighted by molar-refractivity contribution is 0.413. The molecule has 0 amide bonds. The Bertz CT molecular complexity index is 574. The number of nitrogens with one attached hydrogen (secondary N) is 1. The van der Waals surface area contributed by atoms with Gasteiger partial charge in [-0.05, 0) is 35.7 Å². The molecule has 0 bridgehead atoms. The van der Waals surface area contributed by atoms with Gasteiger partial charge in [0.15, 0.2) is 0 Å². The second kappa shape index (κ2) is 5.06. The van der Waals surface area contributed by atoms with Gasteiger partial charge in [-0.3, -0.25) is 0 Å². The summed E-state index contributed by atoms with van der Waals surface area (Å²) in [7, 11) is 1.72. The van der Waals surface area contributed by atoms with Crippen LogP contribution in [0, 0.1) is 6.92 Å². The molecular formula is C17H19NO. The summed E-state index contributed by atoms with van der Waals surface area (Å²) in [4.78, 5) is 0. The quantitative estimate of drug-likeness (QED) is 0.887. The third kappa shape index (κ3) is 2.36. The van der Waals surface area contributed by atoms with Crippen LogP contribution in [-0.4, -0.2) is 13.7 Å². The van der Waals surface area contributed by atoms with Gasteiger partial charge < -0.3 is 10.1 Å². The monoisotopic (exact) mass is 253 g/mol. The van der Waals surface area contributed by atoms with E-state index in [4.69, 9.17) is 4.74 Å². The van der Waals surface area contributed by atoms with E-state index in [2.05, 4.69) is 54.7 Å². The third-order valence-corrected chi connectivity index (χ3v) is 3.87. The van der Waals surface area contributed by atoms with Gasteiger partial charge >= 0.3 is 0 Å². The predicted octanol–water partition coefficient (Wildman–Crippen LogP) is 3.24. The highest BCUT2D eigenvalue weighted by Crippen LogP contribution is 2.32. The number of ether oxygens (including phenoxy) is 1. The first kappa shape index (κ1) is 12.2. The Labute approximate surface area is 114 Å². The van der Waals surface area contributed by atoms with Crippen molar-refractivity contribution in [3.05, 3.63) is 64.7 Å². The van der Waals surface area contributed by atoms with Crippen molar-refractivity contribution in [2.75, 3.05) is 13.7 Å². The van der Waals surface area contributed by atoms with Crippen molar-refractivity contribution in [3.63, 3.8) is 0 Å². The van der Waals surface area contributed by atoms with Crippen LogP contribution in [0.25, 0.3) is 0 Å². The van der Waals surface area contributed by atoms with Gasteiger partial charge in [0.2, 0.25) is 0 Å². The summed E-state index contributed by atoms with van der Waals surface area (Å²) in [5.74, 6) is 1.38. The molecule has 0 fully saturated rings. The lowest BCUT2D eigenvalue weighted by Crippen LogP contribution is -2.28. The number of methoxy groups -OCH3 is 1. The van der Waals surface area contributed by atoms with E-state index < -0.39 is 0 Å². The lowest BCUT2D eigenvalue weighted by atomic mass is 9.85. The molecule has 2 aromatic carbocycles. The van der Waals surface area contributed by atoms with E-state index in [0.29, 0.717) is 5.92 Å². The Morgan fingerprint density at radius 3 is 2.63 bits per heavy atom.